The molecule has 2 heteroatoms. The van der Waals surface area contributed by atoms with Crippen molar-refractivity contribution in [2.45, 2.75) is 20.4 Å². The molecule has 0 unspecified atom stereocenters. The van der Waals surface area contributed by atoms with Gasteiger partial charge in [0.25, 0.3) is 5.56 Å². The minimum absolute atomic E-state index is 0.0491. The van der Waals surface area contributed by atoms with E-state index >= 15 is 0 Å². The molecule has 1 aromatic heterocycles. The fraction of sp³-hybridized carbons (Fsp3) is 0.250. The van der Waals surface area contributed by atoms with Gasteiger partial charge in [-0.15, -0.1) is 0 Å². The number of hydrogen-bond donors (Lipinski definition) is 0. The number of nitrogens with zero attached hydrogens (tertiary/aromatic N) is 1. The molecular formula is C12H15NO. The van der Waals surface area contributed by atoms with Crippen molar-refractivity contribution in [3.05, 3.63) is 46.4 Å². The number of aryl methyl sites for hydroxylation is 1. The van der Waals surface area contributed by atoms with Gasteiger partial charge in [-0.25, -0.2) is 0 Å². The molecule has 0 fully saturated rings. The number of pyridine rings is 1. The Bertz CT molecular complexity index is 427. The van der Waals surface area contributed by atoms with Crippen LogP contribution in [0.5, 0.6) is 0 Å². The number of rotatable bonds is 3. The van der Waals surface area contributed by atoms with Crippen molar-refractivity contribution in [3.63, 3.8) is 0 Å². The molecule has 0 radical (unpaired) electrons. The van der Waals surface area contributed by atoms with Gasteiger partial charge >= 0.3 is 0 Å². The van der Waals surface area contributed by atoms with Gasteiger partial charge in [0.05, 0.1) is 5.69 Å². The lowest BCUT2D eigenvalue weighted by Gasteiger charge is -2.11. The largest absolute Gasteiger partial charge is 0.308 e. The highest BCUT2D eigenvalue weighted by Gasteiger charge is 2.06. The SMILES string of the molecule is C=Cc1cc(C)c(=O)n(CC)c1C=C. The molecule has 0 amide bonds. The fourth-order valence-corrected chi connectivity index (χ4v) is 1.55. The van der Waals surface area contributed by atoms with Gasteiger partial charge in [0, 0.05) is 12.1 Å². The van der Waals surface area contributed by atoms with E-state index in [1.807, 2.05) is 19.9 Å². The first-order valence-corrected chi connectivity index (χ1v) is 4.65. The van der Waals surface area contributed by atoms with Crippen LogP contribution in [0.3, 0.4) is 0 Å². The van der Waals surface area contributed by atoms with E-state index in [-0.39, 0.29) is 5.56 Å². The van der Waals surface area contributed by atoms with Gasteiger partial charge in [-0.3, -0.25) is 4.79 Å². The average molecular weight is 189 g/mol. The lowest BCUT2D eigenvalue weighted by atomic mass is 10.1. The smallest absolute Gasteiger partial charge is 0.253 e. The minimum atomic E-state index is 0.0491. The Morgan fingerprint density at radius 1 is 1.43 bits per heavy atom. The van der Waals surface area contributed by atoms with Crippen molar-refractivity contribution >= 4 is 12.2 Å². The van der Waals surface area contributed by atoms with Gasteiger partial charge in [0.2, 0.25) is 0 Å². The first-order valence-electron chi connectivity index (χ1n) is 4.65. The molecular weight excluding hydrogens is 174 g/mol. The summed E-state index contributed by atoms with van der Waals surface area (Å²) in [6.45, 7) is 11.8. The van der Waals surface area contributed by atoms with Gasteiger partial charge in [0.1, 0.15) is 0 Å². The Labute approximate surface area is 84.2 Å². The maximum Gasteiger partial charge on any atom is 0.253 e. The van der Waals surface area contributed by atoms with E-state index in [0.717, 1.165) is 16.8 Å². The topological polar surface area (TPSA) is 22.0 Å². The Kier molecular flexibility index (Phi) is 3.07. The summed E-state index contributed by atoms with van der Waals surface area (Å²) >= 11 is 0. The van der Waals surface area contributed by atoms with Crippen LogP contribution >= 0.6 is 0 Å². The van der Waals surface area contributed by atoms with Gasteiger partial charge < -0.3 is 4.57 Å². The van der Waals surface area contributed by atoms with E-state index in [0.29, 0.717) is 6.54 Å². The van der Waals surface area contributed by atoms with Crippen molar-refractivity contribution in [2.75, 3.05) is 0 Å². The maximum absolute atomic E-state index is 11.7. The quantitative estimate of drug-likeness (QED) is 0.716. The van der Waals surface area contributed by atoms with Crippen LogP contribution < -0.4 is 5.56 Å². The van der Waals surface area contributed by atoms with Gasteiger partial charge in [-0.1, -0.05) is 19.2 Å². The molecule has 1 rings (SSSR count). The average Bonchev–Trinajstić information content (AvgIpc) is 2.20. The van der Waals surface area contributed by atoms with Gasteiger partial charge in [-0.2, -0.15) is 0 Å². The van der Waals surface area contributed by atoms with Crippen molar-refractivity contribution in [2.24, 2.45) is 0 Å². The summed E-state index contributed by atoms with van der Waals surface area (Å²) < 4.78 is 1.71. The molecule has 1 heterocycles. The highest BCUT2D eigenvalue weighted by molar-refractivity contribution is 5.61. The second-order valence-electron chi connectivity index (χ2n) is 3.13. The summed E-state index contributed by atoms with van der Waals surface area (Å²) in [6, 6.07) is 1.85. The van der Waals surface area contributed by atoms with E-state index < -0.39 is 0 Å². The lowest BCUT2D eigenvalue weighted by Crippen LogP contribution is -2.24. The summed E-state index contributed by atoms with van der Waals surface area (Å²) in [5, 5.41) is 0. The Morgan fingerprint density at radius 2 is 2.07 bits per heavy atom. The van der Waals surface area contributed by atoms with E-state index in [1.165, 1.54) is 0 Å². The molecule has 0 saturated carbocycles. The molecule has 0 spiro atoms. The lowest BCUT2D eigenvalue weighted by molar-refractivity contribution is 0.712. The summed E-state index contributed by atoms with van der Waals surface area (Å²) in [5.74, 6) is 0. The van der Waals surface area contributed by atoms with Crippen LogP contribution in [0.25, 0.3) is 12.2 Å². The van der Waals surface area contributed by atoms with E-state index in [9.17, 15) is 4.79 Å². The molecule has 0 aliphatic carbocycles. The highest BCUT2D eigenvalue weighted by atomic mass is 16.1. The van der Waals surface area contributed by atoms with Crippen molar-refractivity contribution in [3.8, 4) is 0 Å². The molecule has 0 N–H and O–H groups in total. The Hall–Kier alpha value is -1.57. The van der Waals surface area contributed by atoms with Crippen LogP contribution in [0, 0.1) is 6.92 Å². The molecule has 0 atom stereocenters. The molecule has 0 saturated heterocycles. The standard InChI is InChI=1S/C12H15NO/c1-5-10-8-9(4)12(14)13(7-3)11(10)6-2/h5-6,8H,1-2,7H2,3-4H3. The van der Waals surface area contributed by atoms with Gasteiger partial charge in [0.15, 0.2) is 0 Å². The first-order chi connectivity index (χ1) is 6.65. The summed E-state index contributed by atoms with van der Waals surface area (Å²) in [4.78, 5) is 11.7. The molecule has 0 bridgehead atoms. The zero-order valence-corrected chi connectivity index (χ0v) is 8.71. The van der Waals surface area contributed by atoms with Crippen LogP contribution in [0.2, 0.25) is 0 Å². The zero-order chi connectivity index (χ0) is 10.7. The summed E-state index contributed by atoms with van der Waals surface area (Å²) in [5.41, 5.74) is 2.59. The van der Waals surface area contributed by atoms with Crippen LogP contribution in [0.15, 0.2) is 24.0 Å². The highest BCUT2D eigenvalue weighted by Crippen LogP contribution is 2.11. The fourth-order valence-electron chi connectivity index (χ4n) is 1.55. The minimum Gasteiger partial charge on any atom is -0.308 e. The first kappa shape index (κ1) is 10.5. The summed E-state index contributed by atoms with van der Waals surface area (Å²) in [6.07, 6.45) is 3.44. The second kappa shape index (κ2) is 4.09. The van der Waals surface area contributed by atoms with E-state index in [1.54, 1.807) is 16.7 Å². The van der Waals surface area contributed by atoms with Crippen molar-refractivity contribution in [1.29, 1.82) is 0 Å². The molecule has 0 aliphatic rings. The summed E-state index contributed by atoms with van der Waals surface area (Å²) in [7, 11) is 0. The molecule has 1 aromatic rings. The Morgan fingerprint density at radius 3 is 2.50 bits per heavy atom. The molecule has 2 nitrogen and oxygen atoms in total. The molecule has 74 valence electrons. The van der Waals surface area contributed by atoms with Crippen LogP contribution in [-0.4, -0.2) is 4.57 Å². The Balaban J connectivity index is 3.66. The monoisotopic (exact) mass is 189 g/mol. The van der Waals surface area contributed by atoms with Crippen LogP contribution in [-0.2, 0) is 6.54 Å². The predicted octanol–water partition coefficient (Wildman–Crippen LogP) is 2.46. The molecule has 0 aromatic carbocycles. The van der Waals surface area contributed by atoms with E-state index in [2.05, 4.69) is 13.2 Å². The van der Waals surface area contributed by atoms with Crippen molar-refractivity contribution in [1.82, 2.24) is 4.57 Å². The van der Waals surface area contributed by atoms with E-state index in [4.69, 9.17) is 0 Å². The second-order valence-corrected chi connectivity index (χ2v) is 3.13. The third kappa shape index (κ3) is 1.55. The predicted molar refractivity (Wildman–Crippen MR) is 61.3 cm³/mol. The van der Waals surface area contributed by atoms with Crippen molar-refractivity contribution < 1.29 is 0 Å². The van der Waals surface area contributed by atoms with Gasteiger partial charge in [-0.05, 0) is 31.6 Å². The molecule has 0 aliphatic heterocycles. The molecule has 14 heavy (non-hydrogen) atoms. The third-order valence-corrected chi connectivity index (χ3v) is 2.27. The maximum atomic E-state index is 11.7. The normalized spacial score (nSPS) is 9.86. The number of hydrogen-bond acceptors (Lipinski definition) is 1. The zero-order valence-electron chi connectivity index (χ0n) is 8.71. The number of aromatic nitrogens is 1. The third-order valence-electron chi connectivity index (χ3n) is 2.27. The van der Waals surface area contributed by atoms with Crippen LogP contribution in [0.1, 0.15) is 23.7 Å². The van der Waals surface area contributed by atoms with Crippen LogP contribution in [0.4, 0.5) is 0 Å².